The van der Waals surface area contributed by atoms with Crippen LogP contribution in [0.4, 0.5) is 6.01 Å². The highest BCUT2D eigenvalue weighted by molar-refractivity contribution is 5.86. The maximum Gasteiger partial charge on any atom is 0.299 e. The van der Waals surface area contributed by atoms with E-state index in [1.165, 1.54) is 0 Å². The van der Waals surface area contributed by atoms with Crippen molar-refractivity contribution in [3.63, 3.8) is 0 Å². The van der Waals surface area contributed by atoms with Crippen molar-refractivity contribution in [2.45, 2.75) is 38.0 Å². The molecule has 0 unspecified atom stereocenters. The van der Waals surface area contributed by atoms with E-state index in [1.54, 1.807) is 7.11 Å². The Balaban J connectivity index is 1.29. The van der Waals surface area contributed by atoms with Crippen molar-refractivity contribution in [2.75, 3.05) is 31.6 Å². The Hall–Kier alpha value is -2.94. The lowest BCUT2D eigenvalue weighted by Crippen LogP contribution is -2.45. The molecule has 0 radical (unpaired) electrons. The van der Waals surface area contributed by atoms with Crippen LogP contribution in [0.3, 0.4) is 0 Å². The molecule has 2 fully saturated rings. The maximum absolute atomic E-state index is 13.3. The molecule has 5 rings (SSSR count). The fourth-order valence-electron chi connectivity index (χ4n) is 4.31. The van der Waals surface area contributed by atoms with Crippen LogP contribution in [0.15, 0.2) is 34.9 Å². The number of carbonyl (C=O) groups is 1. The number of hydrogen-bond acceptors (Lipinski definition) is 7. The molecule has 1 amide bonds. The quantitative estimate of drug-likeness (QED) is 0.652. The summed E-state index contributed by atoms with van der Waals surface area (Å²) < 4.78 is 12.9. The van der Waals surface area contributed by atoms with Gasteiger partial charge in [0.25, 0.3) is 6.01 Å². The van der Waals surface area contributed by atoms with E-state index in [9.17, 15) is 4.79 Å². The Morgan fingerprint density at radius 1 is 1.28 bits per heavy atom. The van der Waals surface area contributed by atoms with Gasteiger partial charge in [-0.3, -0.25) is 4.79 Å². The van der Waals surface area contributed by atoms with Crippen molar-refractivity contribution in [1.29, 1.82) is 0 Å². The van der Waals surface area contributed by atoms with Crippen LogP contribution in [0.5, 0.6) is 0 Å². The Morgan fingerprint density at radius 3 is 3.03 bits per heavy atom. The Bertz CT molecular complexity index is 981. The van der Waals surface area contributed by atoms with Gasteiger partial charge in [0.1, 0.15) is 17.3 Å². The number of likely N-dealkylation sites (tertiary alicyclic amines) is 1. The number of aromatic nitrogens is 4. The first-order valence-corrected chi connectivity index (χ1v) is 10.0. The lowest BCUT2D eigenvalue weighted by Gasteiger charge is -2.26. The van der Waals surface area contributed by atoms with Crippen molar-refractivity contribution in [3.8, 4) is 0 Å². The second kappa shape index (κ2) is 7.47. The number of carbonyl (C=O) groups excluding carboxylic acids is 1. The van der Waals surface area contributed by atoms with Gasteiger partial charge in [-0.1, -0.05) is 17.3 Å². The second-order valence-electron chi connectivity index (χ2n) is 7.67. The second-order valence-corrected chi connectivity index (χ2v) is 7.67. The number of rotatable bonds is 5. The first-order chi connectivity index (χ1) is 14.2. The van der Waals surface area contributed by atoms with Crippen molar-refractivity contribution in [3.05, 3.63) is 36.2 Å². The molecule has 2 atom stereocenters. The van der Waals surface area contributed by atoms with Crippen molar-refractivity contribution in [2.24, 2.45) is 0 Å². The first-order valence-electron chi connectivity index (χ1n) is 10.0. The summed E-state index contributed by atoms with van der Waals surface area (Å²) in [5, 5.41) is 8.33. The van der Waals surface area contributed by atoms with Crippen LogP contribution in [0.1, 0.15) is 31.0 Å². The van der Waals surface area contributed by atoms with Crippen LogP contribution in [-0.4, -0.2) is 63.6 Å². The minimum atomic E-state index is -0.221. The van der Waals surface area contributed by atoms with E-state index in [0.29, 0.717) is 19.2 Å². The lowest BCUT2D eigenvalue weighted by atomic mass is 10.2. The molecule has 3 aromatic rings. The number of anilines is 1. The van der Waals surface area contributed by atoms with Crippen molar-refractivity contribution in [1.82, 2.24) is 24.9 Å². The van der Waals surface area contributed by atoms with Gasteiger partial charge in [0.2, 0.25) is 5.91 Å². The van der Waals surface area contributed by atoms with Gasteiger partial charge in [0.05, 0.1) is 18.8 Å². The topological polar surface area (TPSA) is 89.5 Å². The third kappa shape index (κ3) is 3.35. The number of fused-ring (bicyclic) bond motifs is 1. The van der Waals surface area contributed by atoms with Gasteiger partial charge >= 0.3 is 0 Å². The molecule has 152 valence electrons. The van der Waals surface area contributed by atoms with Gasteiger partial charge in [-0.25, -0.2) is 4.68 Å². The summed E-state index contributed by atoms with van der Waals surface area (Å²) in [6.45, 7) is 2.59. The van der Waals surface area contributed by atoms with Crippen LogP contribution in [0.25, 0.3) is 11.1 Å². The van der Waals surface area contributed by atoms with Gasteiger partial charge in [-0.15, -0.1) is 5.10 Å². The highest BCUT2D eigenvalue weighted by atomic mass is 16.5. The number of nitrogens with zero attached hydrogens (tertiary/aromatic N) is 6. The van der Waals surface area contributed by atoms with Gasteiger partial charge in [0.15, 0.2) is 5.58 Å². The van der Waals surface area contributed by atoms with E-state index in [2.05, 4.69) is 15.3 Å². The van der Waals surface area contributed by atoms with E-state index >= 15 is 0 Å². The number of hydrogen-bond donors (Lipinski definition) is 0. The standard InChI is InChI=1S/C20H24N6O3/c1-28-13-14-11-26(23-22-14)15-8-10-24(12-15)19(27)17-6-4-9-25(17)20-21-16-5-2-3-7-18(16)29-20/h2-3,5,7,11,15,17H,4,6,8-10,12-13H2,1H3/t15-,17+/m1/s1. The normalized spacial score (nSPS) is 22.1. The molecule has 0 bridgehead atoms. The van der Waals surface area contributed by atoms with E-state index in [0.717, 1.165) is 49.1 Å². The van der Waals surface area contributed by atoms with Crippen LogP contribution in [-0.2, 0) is 16.1 Å². The number of para-hydroxylation sites is 2. The third-order valence-electron chi connectivity index (χ3n) is 5.77. The molecule has 0 spiro atoms. The third-order valence-corrected chi connectivity index (χ3v) is 5.77. The lowest BCUT2D eigenvalue weighted by molar-refractivity contribution is -0.131. The largest absolute Gasteiger partial charge is 0.423 e. The number of benzene rings is 1. The molecule has 2 saturated heterocycles. The van der Waals surface area contributed by atoms with Gasteiger partial charge in [-0.2, -0.15) is 4.98 Å². The summed E-state index contributed by atoms with van der Waals surface area (Å²) in [5.74, 6) is 0.143. The number of methoxy groups -OCH3 is 1. The van der Waals surface area contributed by atoms with E-state index in [4.69, 9.17) is 9.15 Å². The summed E-state index contributed by atoms with van der Waals surface area (Å²) >= 11 is 0. The molecule has 9 nitrogen and oxygen atoms in total. The molecule has 4 heterocycles. The number of oxazole rings is 1. The number of amides is 1. The molecular formula is C20H24N6O3. The summed E-state index contributed by atoms with van der Waals surface area (Å²) in [5.41, 5.74) is 2.37. The van der Waals surface area contributed by atoms with E-state index in [-0.39, 0.29) is 18.0 Å². The number of ether oxygens (including phenoxy) is 1. The Kier molecular flexibility index (Phi) is 4.67. The zero-order valence-corrected chi connectivity index (χ0v) is 16.4. The molecule has 9 heteroatoms. The zero-order chi connectivity index (χ0) is 19.8. The Labute approximate surface area is 168 Å². The summed E-state index contributed by atoms with van der Waals surface area (Å²) in [7, 11) is 1.64. The van der Waals surface area contributed by atoms with Gasteiger partial charge in [-0.05, 0) is 31.4 Å². The summed E-state index contributed by atoms with van der Waals surface area (Å²) in [4.78, 5) is 21.8. The van der Waals surface area contributed by atoms with Crippen molar-refractivity contribution >= 4 is 23.0 Å². The minimum Gasteiger partial charge on any atom is -0.423 e. The summed E-state index contributed by atoms with van der Waals surface area (Å²) in [6.07, 6.45) is 4.55. The molecule has 2 aromatic heterocycles. The van der Waals surface area contributed by atoms with Crippen LogP contribution in [0.2, 0.25) is 0 Å². The highest BCUT2D eigenvalue weighted by Crippen LogP contribution is 2.31. The molecule has 0 N–H and O–H groups in total. The molecule has 2 aliphatic rings. The highest BCUT2D eigenvalue weighted by Gasteiger charge is 2.39. The molecule has 0 saturated carbocycles. The maximum atomic E-state index is 13.3. The fourth-order valence-corrected chi connectivity index (χ4v) is 4.31. The fraction of sp³-hybridized carbons (Fsp3) is 0.500. The van der Waals surface area contributed by atoms with Crippen LogP contribution < -0.4 is 4.90 Å². The summed E-state index contributed by atoms with van der Waals surface area (Å²) in [6, 6.07) is 8.16. The molecule has 0 aliphatic carbocycles. The van der Waals surface area contributed by atoms with E-state index < -0.39 is 0 Å². The molecule has 2 aliphatic heterocycles. The van der Waals surface area contributed by atoms with Gasteiger partial charge < -0.3 is 19.0 Å². The molecular weight excluding hydrogens is 372 g/mol. The average molecular weight is 396 g/mol. The molecule has 1 aromatic carbocycles. The van der Waals surface area contributed by atoms with Crippen molar-refractivity contribution < 1.29 is 13.9 Å². The zero-order valence-electron chi connectivity index (χ0n) is 16.4. The van der Waals surface area contributed by atoms with Gasteiger partial charge in [0, 0.05) is 26.7 Å². The van der Waals surface area contributed by atoms with Crippen LogP contribution >= 0.6 is 0 Å². The predicted molar refractivity (Wildman–Crippen MR) is 105 cm³/mol. The average Bonchev–Trinajstić information content (AvgIpc) is 3.52. The first kappa shape index (κ1) is 18.1. The SMILES string of the molecule is COCc1cn([C@@H]2CCN(C(=O)[C@@H]3CCCN3c3nc4ccccc4o3)C2)nn1. The Morgan fingerprint density at radius 2 is 2.17 bits per heavy atom. The minimum absolute atomic E-state index is 0.143. The molecule has 29 heavy (non-hydrogen) atoms. The van der Waals surface area contributed by atoms with Crippen LogP contribution in [0, 0.1) is 0 Å². The van der Waals surface area contributed by atoms with E-state index in [1.807, 2.05) is 44.9 Å². The monoisotopic (exact) mass is 396 g/mol. The predicted octanol–water partition coefficient (Wildman–Crippen LogP) is 2.01. The smallest absolute Gasteiger partial charge is 0.299 e.